The summed E-state index contributed by atoms with van der Waals surface area (Å²) in [5.74, 6) is 0. The number of ether oxygens (including phenoxy) is 2. The van der Waals surface area contributed by atoms with Gasteiger partial charge in [0, 0.05) is 7.11 Å². The van der Waals surface area contributed by atoms with Crippen molar-refractivity contribution >= 4 is 12.6 Å². The minimum absolute atomic E-state index is 0.237. The molecule has 2 N–H and O–H groups in total. The van der Waals surface area contributed by atoms with Crippen LogP contribution in [0.5, 0.6) is 0 Å². The van der Waals surface area contributed by atoms with Crippen molar-refractivity contribution in [3.05, 3.63) is 29.8 Å². The summed E-state index contributed by atoms with van der Waals surface area (Å²) in [7, 11) is 0.326. The molecule has 0 aliphatic heterocycles. The number of methoxy groups -OCH3 is 1. The molecule has 1 fully saturated rings. The number of hydrogen-bond acceptors (Lipinski definition) is 4. The number of rotatable bonds is 5. The first kappa shape index (κ1) is 14.5. The summed E-state index contributed by atoms with van der Waals surface area (Å²) in [6.07, 6.45) is 4.81. The van der Waals surface area contributed by atoms with Gasteiger partial charge >= 0.3 is 7.12 Å². The Hall–Kier alpha value is -0.875. The van der Waals surface area contributed by atoms with Crippen LogP contribution < -0.4 is 5.46 Å². The van der Waals surface area contributed by atoms with Crippen molar-refractivity contribution in [2.24, 2.45) is 0 Å². The summed E-state index contributed by atoms with van der Waals surface area (Å²) in [6, 6.07) is 7.20. The van der Waals surface area contributed by atoms with Crippen LogP contribution in [0.4, 0.5) is 0 Å². The summed E-state index contributed by atoms with van der Waals surface area (Å²) in [5, 5.41) is 18.3. The number of benzene rings is 1. The largest absolute Gasteiger partial charge is 0.488 e. The number of hydrogen-bond donors (Lipinski definition) is 2. The van der Waals surface area contributed by atoms with Gasteiger partial charge in [0.15, 0.2) is 0 Å². The molecule has 0 radical (unpaired) electrons. The highest BCUT2D eigenvalue weighted by Crippen LogP contribution is 2.23. The van der Waals surface area contributed by atoms with Crippen molar-refractivity contribution in [1.29, 1.82) is 0 Å². The quantitative estimate of drug-likeness (QED) is 0.774. The summed E-state index contributed by atoms with van der Waals surface area (Å²) in [6.45, 7) is 0.502. The molecule has 1 aliphatic rings. The maximum atomic E-state index is 9.13. The summed E-state index contributed by atoms with van der Waals surface area (Å²) in [4.78, 5) is 0. The molecule has 2 rings (SSSR count). The summed E-state index contributed by atoms with van der Waals surface area (Å²) < 4.78 is 11.3. The van der Waals surface area contributed by atoms with Crippen molar-refractivity contribution in [2.75, 3.05) is 7.11 Å². The molecule has 1 saturated carbocycles. The smallest absolute Gasteiger partial charge is 0.423 e. The van der Waals surface area contributed by atoms with Crippen LogP contribution >= 0.6 is 0 Å². The minimum atomic E-state index is -1.42. The monoisotopic (exact) mass is 264 g/mol. The van der Waals surface area contributed by atoms with E-state index in [0.29, 0.717) is 18.2 Å². The molecule has 0 heterocycles. The molecule has 1 aliphatic carbocycles. The highest BCUT2D eigenvalue weighted by molar-refractivity contribution is 6.58. The van der Waals surface area contributed by atoms with Crippen LogP contribution in [-0.2, 0) is 16.1 Å². The second kappa shape index (κ2) is 7.05. The molecule has 2 unspecified atom stereocenters. The fourth-order valence-corrected chi connectivity index (χ4v) is 2.53. The van der Waals surface area contributed by atoms with Crippen LogP contribution in [0, 0.1) is 0 Å². The molecule has 1 aromatic carbocycles. The van der Waals surface area contributed by atoms with Gasteiger partial charge in [-0.05, 0) is 36.7 Å². The van der Waals surface area contributed by atoms with Gasteiger partial charge in [-0.1, -0.05) is 24.3 Å². The molecule has 2 atom stereocenters. The third kappa shape index (κ3) is 4.32. The fraction of sp³-hybridized carbons (Fsp3) is 0.571. The molecular formula is C14H21BO4. The van der Waals surface area contributed by atoms with Gasteiger partial charge in [-0.2, -0.15) is 0 Å². The second-order valence-corrected chi connectivity index (χ2v) is 5.08. The summed E-state index contributed by atoms with van der Waals surface area (Å²) >= 11 is 0. The minimum Gasteiger partial charge on any atom is -0.423 e. The average molecular weight is 264 g/mol. The van der Waals surface area contributed by atoms with Crippen molar-refractivity contribution in [1.82, 2.24) is 0 Å². The van der Waals surface area contributed by atoms with E-state index in [9.17, 15) is 0 Å². The predicted molar refractivity (Wildman–Crippen MR) is 74.1 cm³/mol. The molecule has 1 aromatic rings. The first-order valence-electron chi connectivity index (χ1n) is 6.78. The van der Waals surface area contributed by atoms with Gasteiger partial charge in [0.05, 0.1) is 18.8 Å². The highest BCUT2D eigenvalue weighted by Gasteiger charge is 2.22. The topological polar surface area (TPSA) is 58.9 Å². The van der Waals surface area contributed by atoms with Crippen LogP contribution in [0.1, 0.15) is 31.2 Å². The van der Waals surface area contributed by atoms with Crippen LogP contribution in [0.15, 0.2) is 24.3 Å². The lowest BCUT2D eigenvalue weighted by molar-refractivity contribution is -0.0363. The van der Waals surface area contributed by atoms with E-state index in [1.165, 1.54) is 0 Å². The first-order valence-corrected chi connectivity index (χ1v) is 6.78. The Labute approximate surface area is 114 Å². The van der Waals surface area contributed by atoms with Crippen molar-refractivity contribution in [3.8, 4) is 0 Å². The maximum Gasteiger partial charge on any atom is 0.488 e. The molecule has 0 spiro atoms. The van der Waals surface area contributed by atoms with Gasteiger partial charge in [-0.3, -0.25) is 0 Å². The van der Waals surface area contributed by atoms with Crippen molar-refractivity contribution in [3.63, 3.8) is 0 Å². The standard InChI is InChI=1S/C14H21BO4/c1-18-13-6-3-7-14(9-13)19-10-11-4-2-5-12(8-11)15(16)17/h2,4-5,8,13-14,16-17H,3,6-7,9-10H2,1H3. The van der Waals surface area contributed by atoms with E-state index in [4.69, 9.17) is 19.5 Å². The van der Waals surface area contributed by atoms with Gasteiger partial charge in [0.2, 0.25) is 0 Å². The zero-order chi connectivity index (χ0) is 13.7. The van der Waals surface area contributed by atoms with Gasteiger partial charge in [-0.25, -0.2) is 0 Å². The van der Waals surface area contributed by atoms with E-state index in [2.05, 4.69) is 0 Å². The van der Waals surface area contributed by atoms with E-state index in [-0.39, 0.29) is 6.10 Å². The lowest BCUT2D eigenvalue weighted by atomic mass is 9.80. The van der Waals surface area contributed by atoms with Crippen LogP contribution in [0.2, 0.25) is 0 Å². The molecule has 104 valence electrons. The SMILES string of the molecule is COC1CCCC(OCc2cccc(B(O)O)c2)C1. The Bertz CT molecular complexity index is 397. The third-order valence-electron chi connectivity index (χ3n) is 3.65. The summed E-state index contributed by atoms with van der Waals surface area (Å²) in [5.41, 5.74) is 1.46. The molecule has 5 heteroatoms. The van der Waals surface area contributed by atoms with Crippen molar-refractivity contribution < 1.29 is 19.5 Å². The molecule has 0 bridgehead atoms. The molecule has 0 aromatic heterocycles. The highest BCUT2D eigenvalue weighted by atomic mass is 16.5. The Balaban J connectivity index is 1.86. The van der Waals surface area contributed by atoms with Gasteiger partial charge < -0.3 is 19.5 Å². The lowest BCUT2D eigenvalue weighted by Crippen LogP contribution is -2.30. The van der Waals surface area contributed by atoms with Crippen LogP contribution in [0.25, 0.3) is 0 Å². The zero-order valence-electron chi connectivity index (χ0n) is 11.3. The molecule has 0 amide bonds. The van der Waals surface area contributed by atoms with E-state index < -0.39 is 7.12 Å². The van der Waals surface area contributed by atoms with Crippen molar-refractivity contribution in [2.45, 2.75) is 44.5 Å². The Kier molecular flexibility index (Phi) is 5.40. The van der Waals surface area contributed by atoms with Crippen LogP contribution in [0.3, 0.4) is 0 Å². The van der Waals surface area contributed by atoms with E-state index >= 15 is 0 Å². The van der Waals surface area contributed by atoms with Gasteiger partial charge in [0.25, 0.3) is 0 Å². The Morgan fingerprint density at radius 2 is 2.05 bits per heavy atom. The third-order valence-corrected chi connectivity index (χ3v) is 3.65. The maximum absolute atomic E-state index is 9.13. The van der Waals surface area contributed by atoms with Gasteiger partial charge in [0.1, 0.15) is 0 Å². The Morgan fingerprint density at radius 3 is 2.79 bits per heavy atom. The molecule has 0 saturated heterocycles. The lowest BCUT2D eigenvalue weighted by Gasteiger charge is -2.28. The van der Waals surface area contributed by atoms with E-state index in [0.717, 1.165) is 31.2 Å². The van der Waals surface area contributed by atoms with Crippen LogP contribution in [-0.4, -0.2) is 36.5 Å². The Morgan fingerprint density at radius 1 is 1.26 bits per heavy atom. The average Bonchev–Trinajstić information content (AvgIpc) is 2.45. The van der Waals surface area contributed by atoms with Gasteiger partial charge in [-0.15, -0.1) is 0 Å². The second-order valence-electron chi connectivity index (χ2n) is 5.08. The van der Waals surface area contributed by atoms with E-state index in [1.807, 2.05) is 12.1 Å². The predicted octanol–water partition coefficient (Wildman–Crippen LogP) is 0.841. The normalized spacial score (nSPS) is 23.3. The molecule has 19 heavy (non-hydrogen) atoms. The molecule has 4 nitrogen and oxygen atoms in total. The fourth-order valence-electron chi connectivity index (χ4n) is 2.53. The first-order chi connectivity index (χ1) is 9.19. The molecular weight excluding hydrogens is 243 g/mol. The van der Waals surface area contributed by atoms with E-state index in [1.54, 1.807) is 19.2 Å². The zero-order valence-corrected chi connectivity index (χ0v) is 11.3.